The number of rotatable bonds is 2. The second-order valence-electron chi connectivity index (χ2n) is 2.13. The highest BCUT2D eigenvalue weighted by Gasteiger charge is 2.07. The maximum Gasteiger partial charge on any atom is 0.417 e. The number of ether oxygens (including phenoxy) is 1. The Morgan fingerprint density at radius 2 is 2.08 bits per heavy atom. The molecule has 0 spiro atoms. The minimum Gasteiger partial charge on any atom is -0.452 e. The third kappa shape index (κ3) is 4.94. The van der Waals surface area contributed by atoms with Gasteiger partial charge in [-0.25, -0.2) is 4.79 Å². The molecule has 0 aromatic rings. The largest absolute Gasteiger partial charge is 0.452 e. The average molecular weight is 222 g/mol. The summed E-state index contributed by atoms with van der Waals surface area (Å²) >= 11 is 6.16. The van der Waals surface area contributed by atoms with E-state index >= 15 is 0 Å². The molecular weight excluding hydrogens is 208 g/mol. The van der Waals surface area contributed by atoms with Crippen LogP contribution in [0.2, 0.25) is 0 Å². The predicted molar refractivity (Wildman–Crippen MR) is 58.7 cm³/mol. The molecule has 76 valence electrons. The molecule has 0 aliphatic heterocycles. The Bertz CT molecular complexity index is 183. The van der Waals surface area contributed by atoms with Crippen LogP contribution in [0.1, 0.15) is 13.8 Å². The SMILES string of the molecule is CCN(CC)C(=S)SNC(=O)OC. The third-order valence-electron chi connectivity index (χ3n) is 1.43. The molecule has 0 saturated heterocycles. The van der Waals surface area contributed by atoms with Crippen LogP contribution in [0, 0.1) is 0 Å². The number of nitrogens with zero attached hydrogens (tertiary/aromatic N) is 1. The highest BCUT2D eigenvalue weighted by atomic mass is 32.2. The Labute approximate surface area is 88.1 Å². The minimum absolute atomic E-state index is 0.487. The van der Waals surface area contributed by atoms with Gasteiger partial charge in [-0.15, -0.1) is 0 Å². The van der Waals surface area contributed by atoms with Crippen LogP contribution in [-0.2, 0) is 4.74 Å². The van der Waals surface area contributed by atoms with E-state index in [1.807, 2.05) is 18.7 Å². The molecule has 4 nitrogen and oxygen atoms in total. The Balaban J connectivity index is 3.79. The van der Waals surface area contributed by atoms with Crippen molar-refractivity contribution < 1.29 is 9.53 Å². The summed E-state index contributed by atoms with van der Waals surface area (Å²) in [5.74, 6) is 0. The molecule has 0 bridgehead atoms. The molecule has 0 atom stereocenters. The third-order valence-corrected chi connectivity index (χ3v) is 2.64. The van der Waals surface area contributed by atoms with Gasteiger partial charge < -0.3 is 9.64 Å². The highest BCUT2D eigenvalue weighted by Crippen LogP contribution is 2.04. The zero-order chi connectivity index (χ0) is 10.3. The zero-order valence-corrected chi connectivity index (χ0v) is 9.63. The van der Waals surface area contributed by atoms with E-state index in [2.05, 4.69) is 9.46 Å². The van der Waals surface area contributed by atoms with E-state index in [0.29, 0.717) is 4.32 Å². The predicted octanol–water partition coefficient (Wildman–Crippen LogP) is 1.62. The summed E-state index contributed by atoms with van der Waals surface area (Å²) in [6, 6.07) is 0. The standard InChI is InChI=1S/C7H14N2O2S2/c1-4-9(5-2)7(12)13-8-6(10)11-3/h4-5H2,1-3H3,(H,8,10). The smallest absolute Gasteiger partial charge is 0.417 e. The topological polar surface area (TPSA) is 41.6 Å². The minimum atomic E-state index is -0.487. The first-order valence-electron chi connectivity index (χ1n) is 3.95. The number of carbonyl (C=O) groups is 1. The Morgan fingerprint density at radius 1 is 1.54 bits per heavy atom. The van der Waals surface area contributed by atoms with Gasteiger partial charge in [-0.3, -0.25) is 4.72 Å². The fourth-order valence-corrected chi connectivity index (χ4v) is 1.70. The molecular formula is C7H14N2O2S2. The van der Waals surface area contributed by atoms with Gasteiger partial charge in [0.25, 0.3) is 0 Å². The summed E-state index contributed by atoms with van der Waals surface area (Å²) in [5, 5.41) is 0. The van der Waals surface area contributed by atoms with Crippen LogP contribution >= 0.6 is 24.2 Å². The van der Waals surface area contributed by atoms with Crippen molar-refractivity contribution in [1.29, 1.82) is 0 Å². The van der Waals surface area contributed by atoms with Crippen molar-refractivity contribution in [2.24, 2.45) is 0 Å². The molecule has 0 aromatic carbocycles. The van der Waals surface area contributed by atoms with Crippen molar-refractivity contribution in [3.8, 4) is 0 Å². The average Bonchev–Trinajstić information content (AvgIpc) is 2.16. The fourth-order valence-electron chi connectivity index (χ4n) is 0.673. The zero-order valence-electron chi connectivity index (χ0n) is 7.99. The van der Waals surface area contributed by atoms with Crippen LogP contribution in [0.25, 0.3) is 0 Å². The lowest BCUT2D eigenvalue weighted by molar-refractivity contribution is 0.178. The van der Waals surface area contributed by atoms with E-state index in [0.717, 1.165) is 25.0 Å². The van der Waals surface area contributed by atoms with Gasteiger partial charge in [0.15, 0.2) is 4.32 Å². The molecule has 0 radical (unpaired) electrons. The molecule has 1 amide bonds. The van der Waals surface area contributed by atoms with Gasteiger partial charge in [-0.05, 0) is 13.8 Å². The first kappa shape index (κ1) is 12.5. The number of thiocarbonyl (C=S) groups is 1. The van der Waals surface area contributed by atoms with Gasteiger partial charge in [-0.2, -0.15) is 0 Å². The number of methoxy groups -OCH3 is 1. The monoisotopic (exact) mass is 222 g/mol. The van der Waals surface area contributed by atoms with E-state index in [4.69, 9.17) is 12.2 Å². The summed E-state index contributed by atoms with van der Waals surface area (Å²) in [7, 11) is 1.32. The Kier molecular flexibility index (Phi) is 6.70. The number of amides is 1. The van der Waals surface area contributed by atoms with Crippen molar-refractivity contribution >= 4 is 34.6 Å². The van der Waals surface area contributed by atoms with Crippen molar-refractivity contribution in [3.63, 3.8) is 0 Å². The lowest BCUT2D eigenvalue weighted by Crippen LogP contribution is -2.30. The van der Waals surface area contributed by atoms with Gasteiger partial charge in [0.2, 0.25) is 0 Å². The maximum atomic E-state index is 10.7. The molecule has 0 rings (SSSR count). The normalized spacial score (nSPS) is 9.15. The van der Waals surface area contributed by atoms with Crippen LogP contribution in [-0.4, -0.2) is 35.5 Å². The van der Waals surface area contributed by atoms with E-state index in [9.17, 15) is 4.79 Å². The summed E-state index contributed by atoms with van der Waals surface area (Å²) in [4.78, 5) is 12.7. The number of carbonyl (C=O) groups excluding carboxylic acids is 1. The van der Waals surface area contributed by atoms with Crippen molar-refractivity contribution in [2.45, 2.75) is 13.8 Å². The van der Waals surface area contributed by atoms with Gasteiger partial charge in [0.1, 0.15) is 0 Å². The summed E-state index contributed by atoms with van der Waals surface area (Å²) in [5.41, 5.74) is 0. The fraction of sp³-hybridized carbons (Fsp3) is 0.714. The highest BCUT2D eigenvalue weighted by molar-refractivity contribution is 8.21. The molecule has 0 aliphatic rings. The van der Waals surface area contributed by atoms with Crippen molar-refractivity contribution in [2.75, 3.05) is 20.2 Å². The number of hydrogen-bond acceptors (Lipinski definition) is 4. The molecule has 13 heavy (non-hydrogen) atoms. The molecule has 0 saturated carbocycles. The molecule has 0 heterocycles. The second-order valence-corrected chi connectivity index (χ2v) is 3.57. The van der Waals surface area contributed by atoms with E-state index in [1.165, 1.54) is 7.11 Å². The maximum absolute atomic E-state index is 10.7. The van der Waals surface area contributed by atoms with Crippen molar-refractivity contribution in [1.82, 2.24) is 9.62 Å². The molecule has 0 fully saturated rings. The van der Waals surface area contributed by atoms with E-state index < -0.39 is 6.09 Å². The summed E-state index contributed by atoms with van der Waals surface area (Å²) in [6.45, 7) is 5.69. The lowest BCUT2D eigenvalue weighted by atomic mass is 10.6. The molecule has 6 heteroatoms. The molecule has 1 N–H and O–H groups in total. The van der Waals surface area contributed by atoms with E-state index in [-0.39, 0.29) is 0 Å². The van der Waals surface area contributed by atoms with Gasteiger partial charge in [0.05, 0.1) is 7.11 Å². The first-order valence-corrected chi connectivity index (χ1v) is 5.17. The lowest BCUT2D eigenvalue weighted by Gasteiger charge is -2.20. The van der Waals surface area contributed by atoms with Crippen LogP contribution < -0.4 is 4.72 Å². The van der Waals surface area contributed by atoms with Crippen LogP contribution in [0.4, 0.5) is 4.79 Å². The summed E-state index contributed by atoms with van der Waals surface area (Å²) < 4.78 is 7.50. The first-order chi connectivity index (χ1) is 6.15. The number of hydrogen-bond donors (Lipinski definition) is 1. The quantitative estimate of drug-likeness (QED) is 0.568. The number of nitrogens with one attached hydrogen (secondary N) is 1. The molecule has 0 unspecified atom stereocenters. The molecule has 0 aromatic heterocycles. The van der Waals surface area contributed by atoms with Gasteiger partial charge >= 0.3 is 6.09 Å². The van der Waals surface area contributed by atoms with E-state index in [1.54, 1.807) is 0 Å². The van der Waals surface area contributed by atoms with Crippen LogP contribution in [0.15, 0.2) is 0 Å². The van der Waals surface area contributed by atoms with Crippen LogP contribution in [0.3, 0.4) is 0 Å². The molecule has 0 aliphatic carbocycles. The Hall–Kier alpha value is -0.490. The van der Waals surface area contributed by atoms with Crippen LogP contribution in [0.5, 0.6) is 0 Å². The van der Waals surface area contributed by atoms with Gasteiger partial charge in [0, 0.05) is 25.0 Å². The summed E-state index contributed by atoms with van der Waals surface area (Å²) in [6.07, 6.45) is -0.487. The van der Waals surface area contributed by atoms with Crippen molar-refractivity contribution in [3.05, 3.63) is 0 Å². The Morgan fingerprint density at radius 3 is 2.46 bits per heavy atom. The second kappa shape index (κ2) is 6.97. The van der Waals surface area contributed by atoms with Gasteiger partial charge in [-0.1, -0.05) is 12.2 Å².